The number of hydrogen-bond donors (Lipinski definition) is 0. The first-order chi connectivity index (χ1) is 7.24. The van der Waals surface area contributed by atoms with Crippen LogP contribution in [-0.2, 0) is 6.61 Å². The van der Waals surface area contributed by atoms with E-state index in [1.165, 1.54) is 0 Å². The van der Waals surface area contributed by atoms with Gasteiger partial charge in [0.1, 0.15) is 23.8 Å². The number of benzene rings is 1. The van der Waals surface area contributed by atoms with E-state index in [1.54, 1.807) is 12.1 Å². The Kier molecular flexibility index (Phi) is 2.92. The molecule has 0 saturated carbocycles. The molecule has 2 rings (SSSR count). The summed E-state index contributed by atoms with van der Waals surface area (Å²) in [4.78, 5) is 0. The maximum absolute atomic E-state index is 5.82. The molecule has 0 unspecified atom stereocenters. The smallest absolute Gasteiger partial charge is 0.134 e. The van der Waals surface area contributed by atoms with Crippen LogP contribution in [0.4, 0.5) is 0 Å². The molecule has 0 aliphatic heterocycles. The maximum atomic E-state index is 5.82. The van der Waals surface area contributed by atoms with E-state index in [0.717, 1.165) is 17.2 Å². The van der Waals surface area contributed by atoms with Crippen molar-refractivity contribution in [1.82, 2.24) is 5.16 Å². The SMILES string of the molecule is Cc1cc(COc2cccc(Cl)c2)no1. The van der Waals surface area contributed by atoms with Crippen LogP contribution in [0.5, 0.6) is 5.75 Å². The van der Waals surface area contributed by atoms with Crippen molar-refractivity contribution in [2.24, 2.45) is 0 Å². The molecule has 3 nitrogen and oxygen atoms in total. The largest absolute Gasteiger partial charge is 0.487 e. The molecule has 0 atom stereocenters. The molecule has 0 amide bonds. The molecule has 0 aliphatic rings. The fourth-order valence-electron chi connectivity index (χ4n) is 1.20. The molecular weight excluding hydrogens is 214 g/mol. The summed E-state index contributed by atoms with van der Waals surface area (Å²) in [5.74, 6) is 1.50. The summed E-state index contributed by atoms with van der Waals surface area (Å²) in [6.07, 6.45) is 0. The first kappa shape index (κ1) is 10.1. The second-order valence-electron chi connectivity index (χ2n) is 3.17. The summed E-state index contributed by atoms with van der Waals surface area (Å²) in [5.41, 5.74) is 0.771. The van der Waals surface area contributed by atoms with Crippen molar-refractivity contribution in [3.63, 3.8) is 0 Å². The van der Waals surface area contributed by atoms with Crippen LogP contribution >= 0.6 is 11.6 Å². The molecule has 1 aromatic carbocycles. The highest BCUT2D eigenvalue weighted by atomic mass is 35.5. The van der Waals surface area contributed by atoms with Crippen molar-refractivity contribution in [3.8, 4) is 5.75 Å². The monoisotopic (exact) mass is 223 g/mol. The van der Waals surface area contributed by atoms with Crippen LogP contribution in [-0.4, -0.2) is 5.16 Å². The van der Waals surface area contributed by atoms with Gasteiger partial charge in [0.2, 0.25) is 0 Å². The van der Waals surface area contributed by atoms with E-state index in [1.807, 2.05) is 25.1 Å². The lowest BCUT2D eigenvalue weighted by atomic mass is 10.3. The van der Waals surface area contributed by atoms with Gasteiger partial charge in [-0.3, -0.25) is 0 Å². The molecule has 0 radical (unpaired) electrons. The predicted molar refractivity (Wildman–Crippen MR) is 57.0 cm³/mol. The minimum Gasteiger partial charge on any atom is -0.487 e. The van der Waals surface area contributed by atoms with Crippen molar-refractivity contribution in [1.29, 1.82) is 0 Å². The zero-order chi connectivity index (χ0) is 10.7. The first-order valence-electron chi connectivity index (χ1n) is 4.54. The molecule has 4 heteroatoms. The summed E-state index contributed by atoms with van der Waals surface area (Å²) < 4.78 is 10.4. The Morgan fingerprint density at radius 2 is 2.27 bits per heavy atom. The summed E-state index contributed by atoms with van der Waals surface area (Å²) in [7, 11) is 0. The third kappa shape index (κ3) is 2.73. The van der Waals surface area contributed by atoms with Crippen molar-refractivity contribution < 1.29 is 9.26 Å². The summed E-state index contributed by atoms with van der Waals surface area (Å²) >= 11 is 5.82. The number of aromatic nitrogens is 1. The lowest BCUT2D eigenvalue weighted by molar-refractivity contribution is 0.288. The number of ether oxygens (including phenoxy) is 1. The second kappa shape index (κ2) is 4.36. The van der Waals surface area contributed by atoms with Gasteiger partial charge in [0.15, 0.2) is 0 Å². The average molecular weight is 224 g/mol. The normalized spacial score (nSPS) is 10.3. The van der Waals surface area contributed by atoms with Gasteiger partial charge in [-0.05, 0) is 25.1 Å². The third-order valence-electron chi connectivity index (χ3n) is 1.86. The van der Waals surface area contributed by atoms with Gasteiger partial charge in [-0.1, -0.05) is 22.8 Å². The van der Waals surface area contributed by atoms with E-state index in [4.69, 9.17) is 20.9 Å². The summed E-state index contributed by atoms with van der Waals surface area (Å²) in [6, 6.07) is 9.08. The Bertz CT molecular complexity index is 453. The zero-order valence-electron chi connectivity index (χ0n) is 8.24. The van der Waals surface area contributed by atoms with Crippen LogP contribution in [0.3, 0.4) is 0 Å². The van der Waals surface area contributed by atoms with Gasteiger partial charge in [-0.15, -0.1) is 0 Å². The predicted octanol–water partition coefficient (Wildman–Crippen LogP) is 3.22. The van der Waals surface area contributed by atoms with Crippen molar-refractivity contribution in [3.05, 3.63) is 46.8 Å². The Hall–Kier alpha value is -1.48. The molecule has 0 bridgehead atoms. The fraction of sp³-hybridized carbons (Fsp3) is 0.182. The first-order valence-corrected chi connectivity index (χ1v) is 4.92. The fourth-order valence-corrected chi connectivity index (χ4v) is 1.38. The Labute approximate surface area is 92.6 Å². The zero-order valence-corrected chi connectivity index (χ0v) is 8.99. The number of aryl methyl sites for hydroxylation is 1. The van der Waals surface area contributed by atoms with Gasteiger partial charge in [0, 0.05) is 11.1 Å². The number of hydrogen-bond acceptors (Lipinski definition) is 3. The molecule has 1 aromatic heterocycles. The van der Waals surface area contributed by atoms with Crippen molar-refractivity contribution in [2.75, 3.05) is 0 Å². The van der Waals surface area contributed by atoms with Crippen LogP contribution < -0.4 is 4.74 Å². The third-order valence-corrected chi connectivity index (χ3v) is 2.09. The van der Waals surface area contributed by atoms with E-state index >= 15 is 0 Å². The highest BCUT2D eigenvalue weighted by Crippen LogP contribution is 2.18. The molecule has 2 aromatic rings. The molecule has 0 aliphatic carbocycles. The Morgan fingerprint density at radius 1 is 1.40 bits per heavy atom. The van der Waals surface area contributed by atoms with Gasteiger partial charge in [0.25, 0.3) is 0 Å². The van der Waals surface area contributed by atoms with Crippen molar-refractivity contribution >= 4 is 11.6 Å². The minimum absolute atomic E-state index is 0.387. The average Bonchev–Trinajstić information content (AvgIpc) is 2.62. The maximum Gasteiger partial charge on any atom is 0.134 e. The highest BCUT2D eigenvalue weighted by Gasteiger charge is 2.01. The molecule has 0 spiro atoms. The molecule has 0 saturated heterocycles. The van der Waals surface area contributed by atoms with Gasteiger partial charge < -0.3 is 9.26 Å². The topological polar surface area (TPSA) is 35.3 Å². The highest BCUT2D eigenvalue weighted by molar-refractivity contribution is 6.30. The standard InChI is InChI=1S/C11H10ClNO2/c1-8-5-10(13-15-8)7-14-11-4-2-3-9(12)6-11/h2-6H,7H2,1H3. The molecule has 0 N–H and O–H groups in total. The van der Waals surface area contributed by atoms with Crippen LogP contribution in [0.1, 0.15) is 11.5 Å². The number of rotatable bonds is 3. The lowest BCUT2D eigenvalue weighted by Gasteiger charge is -2.03. The number of nitrogens with zero attached hydrogens (tertiary/aromatic N) is 1. The van der Waals surface area contributed by atoms with Gasteiger partial charge >= 0.3 is 0 Å². The van der Waals surface area contributed by atoms with E-state index < -0.39 is 0 Å². The minimum atomic E-state index is 0.387. The van der Waals surface area contributed by atoms with E-state index in [2.05, 4.69) is 5.16 Å². The van der Waals surface area contributed by atoms with E-state index in [-0.39, 0.29) is 0 Å². The lowest BCUT2D eigenvalue weighted by Crippen LogP contribution is -1.94. The van der Waals surface area contributed by atoms with Crippen LogP contribution in [0.15, 0.2) is 34.9 Å². The Balaban J connectivity index is 1.99. The van der Waals surface area contributed by atoms with Gasteiger partial charge in [0.05, 0.1) is 0 Å². The van der Waals surface area contributed by atoms with E-state index in [0.29, 0.717) is 11.6 Å². The van der Waals surface area contributed by atoms with E-state index in [9.17, 15) is 0 Å². The van der Waals surface area contributed by atoms with Crippen LogP contribution in [0.25, 0.3) is 0 Å². The van der Waals surface area contributed by atoms with Gasteiger partial charge in [-0.2, -0.15) is 0 Å². The number of halogens is 1. The van der Waals surface area contributed by atoms with Crippen LogP contribution in [0, 0.1) is 6.92 Å². The summed E-state index contributed by atoms with van der Waals surface area (Å²) in [6.45, 7) is 2.23. The van der Waals surface area contributed by atoms with Gasteiger partial charge in [-0.25, -0.2) is 0 Å². The molecule has 78 valence electrons. The quantitative estimate of drug-likeness (QED) is 0.802. The molecular formula is C11H10ClNO2. The Morgan fingerprint density at radius 3 is 2.93 bits per heavy atom. The second-order valence-corrected chi connectivity index (χ2v) is 3.61. The molecule has 1 heterocycles. The van der Waals surface area contributed by atoms with Crippen molar-refractivity contribution in [2.45, 2.75) is 13.5 Å². The molecule has 0 fully saturated rings. The van der Waals surface area contributed by atoms with Crippen LogP contribution in [0.2, 0.25) is 5.02 Å². The summed E-state index contributed by atoms with van der Waals surface area (Å²) in [5, 5.41) is 4.48. The molecule has 15 heavy (non-hydrogen) atoms.